The number of rotatable bonds is 0. The molecule has 0 aliphatic carbocycles. The molecule has 3 aromatic carbocycles. The van der Waals surface area contributed by atoms with Crippen LogP contribution < -0.4 is 10.3 Å². The van der Waals surface area contributed by atoms with Gasteiger partial charge in [-0.05, 0) is 47.5 Å². The van der Waals surface area contributed by atoms with E-state index in [0.717, 1.165) is 16.5 Å². The van der Waals surface area contributed by atoms with Crippen molar-refractivity contribution in [3.8, 4) is 17.6 Å². The molecule has 4 aromatic rings. The quantitative estimate of drug-likeness (QED) is 0.373. The van der Waals surface area contributed by atoms with E-state index in [1.165, 1.54) is 18.2 Å². The minimum atomic E-state index is -0.317. The van der Waals surface area contributed by atoms with Gasteiger partial charge in [-0.15, -0.1) is 0 Å². The van der Waals surface area contributed by atoms with Crippen molar-refractivity contribution in [2.45, 2.75) is 13.2 Å². The van der Waals surface area contributed by atoms with Gasteiger partial charge < -0.3 is 9.30 Å². The van der Waals surface area contributed by atoms with Crippen molar-refractivity contribution in [1.82, 2.24) is 4.57 Å². The second-order valence-electron chi connectivity index (χ2n) is 7.07. The lowest BCUT2D eigenvalue weighted by Crippen LogP contribution is -2.23. The van der Waals surface area contributed by atoms with Gasteiger partial charge in [0.05, 0.1) is 22.6 Å². The highest BCUT2D eigenvalue weighted by molar-refractivity contribution is 6.35. The average Bonchev–Trinajstić information content (AvgIpc) is 2.73. The molecule has 0 spiro atoms. The molecule has 0 fully saturated rings. The van der Waals surface area contributed by atoms with Crippen LogP contribution in [0.3, 0.4) is 0 Å². The van der Waals surface area contributed by atoms with Crippen LogP contribution in [0.25, 0.3) is 10.9 Å². The van der Waals surface area contributed by atoms with Gasteiger partial charge in [0.15, 0.2) is 5.75 Å². The summed E-state index contributed by atoms with van der Waals surface area (Å²) in [5, 5.41) is 1.22. The molecule has 1 aliphatic rings. The van der Waals surface area contributed by atoms with E-state index in [1.807, 2.05) is 24.3 Å². The van der Waals surface area contributed by atoms with Gasteiger partial charge in [-0.25, -0.2) is 4.39 Å². The number of benzene rings is 3. The monoisotopic (exact) mass is 415 g/mol. The highest BCUT2D eigenvalue weighted by Gasteiger charge is 2.20. The van der Waals surface area contributed by atoms with Gasteiger partial charge in [-0.2, -0.15) is 0 Å². The first kappa shape index (κ1) is 18.5. The molecule has 3 nitrogen and oxygen atoms in total. The molecule has 0 unspecified atom stereocenters. The van der Waals surface area contributed by atoms with E-state index in [-0.39, 0.29) is 11.4 Å². The zero-order valence-corrected chi connectivity index (χ0v) is 16.5. The molecule has 0 radical (unpaired) electrons. The van der Waals surface area contributed by atoms with Crippen molar-refractivity contribution >= 4 is 22.5 Å². The lowest BCUT2D eigenvalue weighted by Gasteiger charge is -2.22. The Bertz CT molecular complexity index is 1410. The predicted molar refractivity (Wildman–Crippen MR) is 115 cm³/mol. The van der Waals surface area contributed by atoms with Gasteiger partial charge in [0, 0.05) is 17.0 Å². The Kier molecular flexibility index (Phi) is 4.54. The number of halogens is 2. The third-order valence-electron chi connectivity index (χ3n) is 5.18. The fourth-order valence-corrected chi connectivity index (χ4v) is 3.92. The topological polar surface area (TPSA) is 31.2 Å². The highest BCUT2D eigenvalue weighted by Crippen LogP contribution is 2.36. The van der Waals surface area contributed by atoms with Crippen LogP contribution in [-0.2, 0) is 13.2 Å². The molecule has 0 N–H and O–H groups in total. The second-order valence-corrected chi connectivity index (χ2v) is 7.48. The Balaban J connectivity index is 1.75. The van der Waals surface area contributed by atoms with E-state index < -0.39 is 0 Å². The molecule has 0 atom stereocenters. The summed E-state index contributed by atoms with van der Waals surface area (Å²) >= 11 is 6.55. The van der Waals surface area contributed by atoms with Gasteiger partial charge in [0.1, 0.15) is 12.4 Å². The molecule has 0 saturated carbocycles. The molecule has 0 amide bonds. The molecule has 146 valence electrons. The zero-order chi connectivity index (χ0) is 20.7. The van der Waals surface area contributed by atoms with Crippen LogP contribution in [-0.4, -0.2) is 4.57 Å². The van der Waals surface area contributed by atoms with Crippen molar-refractivity contribution in [1.29, 1.82) is 0 Å². The number of hydrogen-bond donors (Lipinski definition) is 0. The maximum atomic E-state index is 13.2. The van der Waals surface area contributed by atoms with Crippen LogP contribution in [0.1, 0.15) is 22.3 Å². The minimum Gasteiger partial charge on any atom is -0.485 e. The van der Waals surface area contributed by atoms with E-state index in [0.29, 0.717) is 40.6 Å². The lowest BCUT2D eigenvalue weighted by atomic mass is 10.0. The molecule has 0 bridgehead atoms. The SMILES string of the molecule is O=c1ccc2c(Cl)cc(C#Cc3ccc(F)cc3)c3c2n1Cc1ccccc1CO3. The summed E-state index contributed by atoms with van der Waals surface area (Å²) in [6.07, 6.45) is 0. The Morgan fingerprint density at radius 1 is 0.967 bits per heavy atom. The largest absolute Gasteiger partial charge is 0.485 e. The zero-order valence-electron chi connectivity index (χ0n) is 15.8. The van der Waals surface area contributed by atoms with Crippen LogP contribution in [0.5, 0.6) is 5.75 Å². The summed E-state index contributed by atoms with van der Waals surface area (Å²) in [4.78, 5) is 12.8. The Labute approximate surface area is 177 Å². The van der Waals surface area contributed by atoms with Gasteiger partial charge in [-0.1, -0.05) is 47.7 Å². The summed E-state index contributed by atoms with van der Waals surface area (Å²) in [6.45, 7) is 0.787. The minimum absolute atomic E-state index is 0.135. The van der Waals surface area contributed by atoms with E-state index in [2.05, 4.69) is 11.8 Å². The fourth-order valence-electron chi connectivity index (χ4n) is 3.66. The van der Waals surface area contributed by atoms with Crippen LogP contribution >= 0.6 is 11.6 Å². The summed E-state index contributed by atoms with van der Waals surface area (Å²) in [5.74, 6) is 6.32. The number of fused-ring (bicyclic) bond motifs is 1. The Morgan fingerprint density at radius 3 is 2.53 bits per heavy atom. The summed E-state index contributed by atoms with van der Waals surface area (Å²) in [6, 6.07) is 18.8. The third-order valence-corrected chi connectivity index (χ3v) is 5.49. The molecular weight excluding hydrogens is 401 g/mol. The molecular formula is C25H15ClFNO2. The van der Waals surface area contributed by atoms with Crippen molar-refractivity contribution < 1.29 is 9.13 Å². The van der Waals surface area contributed by atoms with Crippen molar-refractivity contribution in [3.05, 3.63) is 110 Å². The van der Waals surface area contributed by atoms with Crippen molar-refractivity contribution in [3.63, 3.8) is 0 Å². The number of ether oxygens (including phenoxy) is 1. The van der Waals surface area contributed by atoms with Crippen LogP contribution in [0, 0.1) is 17.7 Å². The van der Waals surface area contributed by atoms with Crippen molar-refractivity contribution in [2.24, 2.45) is 0 Å². The van der Waals surface area contributed by atoms with E-state index >= 15 is 0 Å². The summed E-state index contributed by atoms with van der Waals surface area (Å²) in [7, 11) is 0. The molecule has 30 heavy (non-hydrogen) atoms. The first-order valence-electron chi connectivity index (χ1n) is 9.43. The molecule has 0 saturated heterocycles. The van der Waals surface area contributed by atoms with Crippen LogP contribution in [0.15, 0.2) is 71.5 Å². The van der Waals surface area contributed by atoms with Gasteiger partial charge >= 0.3 is 0 Å². The van der Waals surface area contributed by atoms with Gasteiger partial charge in [0.25, 0.3) is 5.56 Å². The maximum Gasteiger partial charge on any atom is 0.251 e. The molecule has 1 aliphatic heterocycles. The smallest absolute Gasteiger partial charge is 0.251 e. The van der Waals surface area contributed by atoms with Gasteiger partial charge in [-0.3, -0.25) is 4.79 Å². The molecule has 5 heteroatoms. The van der Waals surface area contributed by atoms with Crippen molar-refractivity contribution in [2.75, 3.05) is 0 Å². The second kappa shape index (κ2) is 7.37. The first-order chi connectivity index (χ1) is 14.6. The van der Waals surface area contributed by atoms with Crippen LogP contribution in [0.4, 0.5) is 4.39 Å². The normalized spacial score (nSPS) is 12.2. The predicted octanol–water partition coefficient (Wildman–Crippen LogP) is 5.13. The molecule has 1 aromatic heterocycles. The summed E-state index contributed by atoms with van der Waals surface area (Å²) in [5.41, 5.74) is 3.78. The maximum absolute atomic E-state index is 13.2. The lowest BCUT2D eigenvalue weighted by molar-refractivity contribution is 0.303. The number of hydrogen-bond acceptors (Lipinski definition) is 2. The standard InChI is InChI=1S/C25H15ClFNO2/c26-22-13-17(8-5-16-6-9-20(27)10-7-16)25-24-21(22)11-12-23(29)28(24)14-18-3-1-2-4-19(18)15-30-25/h1-4,6-7,9-13H,14-15H2. The van der Waals surface area contributed by atoms with Gasteiger partial charge in [0.2, 0.25) is 0 Å². The Hall–Kier alpha value is -3.55. The third kappa shape index (κ3) is 3.24. The fraction of sp³-hybridized carbons (Fsp3) is 0.0800. The van der Waals surface area contributed by atoms with E-state index in [9.17, 15) is 9.18 Å². The Morgan fingerprint density at radius 2 is 1.73 bits per heavy atom. The molecule has 2 heterocycles. The van der Waals surface area contributed by atoms with E-state index in [1.54, 1.807) is 28.8 Å². The number of nitrogens with zero attached hydrogens (tertiary/aromatic N) is 1. The molecule has 5 rings (SSSR count). The van der Waals surface area contributed by atoms with Crippen LogP contribution in [0.2, 0.25) is 5.02 Å². The van der Waals surface area contributed by atoms with E-state index in [4.69, 9.17) is 16.3 Å². The number of aromatic nitrogens is 1. The first-order valence-corrected chi connectivity index (χ1v) is 9.81. The highest BCUT2D eigenvalue weighted by atomic mass is 35.5. The average molecular weight is 416 g/mol. The number of pyridine rings is 1. The summed E-state index contributed by atoms with van der Waals surface area (Å²) < 4.78 is 21.0.